The Morgan fingerprint density at radius 1 is 1.18 bits per heavy atom. The van der Waals surface area contributed by atoms with Crippen molar-refractivity contribution in [3.8, 4) is 5.75 Å². The van der Waals surface area contributed by atoms with Gasteiger partial charge in [0.1, 0.15) is 22.5 Å². The number of methoxy groups -OCH3 is 1. The number of nitrogen functional groups attached to an aromatic ring is 1. The summed E-state index contributed by atoms with van der Waals surface area (Å²) in [7, 11) is 1.72. The Morgan fingerprint density at radius 3 is 2.62 bits per heavy atom. The van der Waals surface area contributed by atoms with Gasteiger partial charge in [0.2, 0.25) is 5.95 Å². The zero-order valence-corrected chi connectivity index (χ0v) is 24.1. The molecule has 40 heavy (non-hydrogen) atoms. The summed E-state index contributed by atoms with van der Waals surface area (Å²) >= 11 is 0. The summed E-state index contributed by atoms with van der Waals surface area (Å²) in [6.45, 7) is 9.70. The lowest BCUT2D eigenvalue weighted by Gasteiger charge is -2.61. The fraction of sp³-hybridized carbons (Fsp3) is 0.655. The summed E-state index contributed by atoms with van der Waals surface area (Å²) in [6.07, 6.45) is 10.8. The molecule has 0 unspecified atom stereocenters. The minimum absolute atomic E-state index is 0.242. The van der Waals surface area contributed by atoms with Crippen LogP contribution in [0.4, 0.5) is 11.8 Å². The Bertz CT molecular complexity index is 1260. The molecule has 1 spiro atoms. The van der Waals surface area contributed by atoms with Gasteiger partial charge in [-0.25, -0.2) is 4.98 Å². The maximum atomic E-state index is 7.57. The highest BCUT2D eigenvalue weighted by molar-refractivity contribution is 5.86. The molecule has 3 aromatic rings. The molecule has 0 amide bonds. The van der Waals surface area contributed by atoms with Crippen LogP contribution in [-0.2, 0) is 11.3 Å². The fourth-order valence-corrected chi connectivity index (χ4v) is 6.40. The van der Waals surface area contributed by atoms with Crippen LogP contribution in [0.15, 0.2) is 18.5 Å². The quantitative estimate of drug-likeness (QED) is 0.339. The van der Waals surface area contributed by atoms with Crippen molar-refractivity contribution in [2.45, 2.75) is 70.9 Å². The number of unbranched alkanes of at least 4 members (excludes halogenated alkanes) is 1. The number of hydrogen-bond donors (Lipinski definition) is 3. The van der Waals surface area contributed by atoms with E-state index in [1.165, 1.54) is 44.3 Å². The van der Waals surface area contributed by atoms with E-state index in [1.54, 1.807) is 20.2 Å². The first-order chi connectivity index (χ1) is 19.5. The summed E-state index contributed by atoms with van der Waals surface area (Å²) in [5.74, 6) is 2.31. The van der Waals surface area contributed by atoms with Crippen LogP contribution in [0.2, 0.25) is 0 Å². The lowest BCUT2D eigenvalue weighted by atomic mass is 9.56. The molecule has 3 fully saturated rings. The van der Waals surface area contributed by atoms with E-state index < -0.39 is 0 Å². The van der Waals surface area contributed by atoms with E-state index in [1.807, 2.05) is 10.9 Å². The minimum Gasteiger partial charge on any atom is -0.495 e. The van der Waals surface area contributed by atoms with E-state index >= 15 is 0 Å². The van der Waals surface area contributed by atoms with Gasteiger partial charge in [-0.1, -0.05) is 13.3 Å². The number of nitrogens with two attached hydrogens (primary N) is 1. The monoisotopic (exact) mass is 552 g/mol. The second-order valence-electron chi connectivity index (χ2n) is 11.3. The summed E-state index contributed by atoms with van der Waals surface area (Å²) in [4.78, 5) is 16.3. The Balaban J connectivity index is 0.00000103. The van der Waals surface area contributed by atoms with Gasteiger partial charge in [-0.2, -0.15) is 10.1 Å². The molecule has 11 nitrogen and oxygen atoms in total. The van der Waals surface area contributed by atoms with Crippen LogP contribution in [0.1, 0.15) is 69.5 Å². The Morgan fingerprint density at radius 2 is 1.93 bits per heavy atom. The van der Waals surface area contributed by atoms with Gasteiger partial charge < -0.3 is 25.6 Å². The lowest BCUT2D eigenvalue weighted by Crippen LogP contribution is -2.64. The van der Waals surface area contributed by atoms with Crippen LogP contribution >= 0.6 is 0 Å². The van der Waals surface area contributed by atoms with Crippen molar-refractivity contribution in [3.05, 3.63) is 29.7 Å². The summed E-state index contributed by atoms with van der Waals surface area (Å²) in [5.41, 5.74) is 10.1. The smallest absolute Gasteiger partial charge is 0.222 e. The summed E-state index contributed by atoms with van der Waals surface area (Å²) in [6, 6.07) is 2.90. The molecular formula is C29H44N8O3. The van der Waals surface area contributed by atoms with Crippen LogP contribution < -0.4 is 15.8 Å². The third kappa shape index (κ3) is 6.01. The number of nitrogens with one attached hydrogen (secondary N) is 1. The number of ether oxygens (including phenoxy) is 2. The molecule has 0 aromatic carbocycles. The molecule has 0 bridgehead atoms. The van der Waals surface area contributed by atoms with Crippen molar-refractivity contribution in [3.63, 3.8) is 0 Å². The molecule has 2 aliphatic heterocycles. The number of nitrogens with zero attached hydrogens (tertiary/aromatic N) is 6. The first-order valence-electron chi connectivity index (χ1n) is 14.7. The molecule has 0 radical (unpaired) electrons. The average Bonchev–Trinajstić information content (AvgIpc) is 3.31. The molecule has 1 aliphatic carbocycles. The number of aliphatic hydroxyl groups is 1. The molecule has 6 rings (SSSR count). The molecular weight excluding hydrogens is 508 g/mol. The zero-order chi connectivity index (χ0) is 28.1. The first kappa shape index (κ1) is 28.5. The van der Waals surface area contributed by atoms with Crippen molar-refractivity contribution in [1.82, 2.24) is 29.6 Å². The third-order valence-corrected chi connectivity index (χ3v) is 8.41. The average molecular weight is 553 g/mol. The van der Waals surface area contributed by atoms with Gasteiger partial charge in [-0.3, -0.25) is 14.6 Å². The third-order valence-electron chi connectivity index (χ3n) is 8.41. The van der Waals surface area contributed by atoms with Crippen LogP contribution in [0.3, 0.4) is 0 Å². The summed E-state index contributed by atoms with van der Waals surface area (Å²) < 4.78 is 13.2. The lowest BCUT2D eigenvalue weighted by molar-refractivity contribution is -0.112. The largest absolute Gasteiger partial charge is 0.495 e. The molecule has 0 atom stereocenters. The molecule has 3 aromatic heterocycles. The minimum atomic E-state index is 0.242. The van der Waals surface area contributed by atoms with E-state index in [9.17, 15) is 0 Å². The van der Waals surface area contributed by atoms with Crippen LogP contribution in [0.5, 0.6) is 5.75 Å². The van der Waals surface area contributed by atoms with Gasteiger partial charge in [0.05, 0.1) is 19.9 Å². The molecule has 218 valence electrons. The van der Waals surface area contributed by atoms with Crippen molar-refractivity contribution in [2.24, 2.45) is 5.41 Å². The van der Waals surface area contributed by atoms with Gasteiger partial charge in [0.15, 0.2) is 5.82 Å². The maximum absolute atomic E-state index is 7.57. The van der Waals surface area contributed by atoms with Gasteiger partial charge >= 0.3 is 0 Å². The molecule has 11 heteroatoms. The van der Waals surface area contributed by atoms with Gasteiger partial charge in [0, 0.05) is 51.7 Å². The first-order valence-corrected chi connectivity index (χ1v) is 14.7. The normalized spacial score (nSPS) is 19.1. The van der Waals surface area contributed by atoms with Crippen molar-refractivity contribution in [1.29, 1.82) is 0 Å². The zero-order valence-electron chi connectivity index (χ0n) is 24.1. The van der Waals surface area contributed by atoms with Crippen LogP contribution in [-0.4, -0.2) is 87.3 Å². The highest BCUT2D eigenvalue weighted by Crippen LogP contribution is 2.57. The predicted molar refractivity (Wildman–Crippen MR) is 156 cm³/mol. The number of aliphatic hydroxyl groups excluding tert-OH is 1. The summed E-state index contributed by atoms with van der Waals surface area (Å²) in [5, 5.41) is 15.5. The molecule has 1 saturated carbocycles. The number of pyridine rings is 1. The molecule has 3 aliphatic rings. The SMILES string of the molecule is CCCCNc1nc(N)nc2cnn(Cc3ncc(C4CC5(C4)CN(C4CCOCC4)C5)cc3OC)c12.CCO. The second-order valence-corrected chi connectivity index (χ2v) is 11.3. The van der Waals surface area contributed by atoms with E-state index in [2.05, 4.69) is 38.3 Å². The fourth-order valence-electron chi connectivity index (χ4n) is 6.40. The molecule has 5 heterocycles. The van der Waals surface area contributed by atoms with Crippen LogP contribution in [0.25, 0.3) is 11.0 Å². The van der Waals surface area contributed by atoms with E-state index in [0.717, 1.165) is 61.1 Å². The maximum Gasteiger partial charge on any atom is 0.222 e. The number of aromatic nitrogens is 5. The second kappa shape index (κ2) is 12.7. The van der Waals surface area contributed by atoms with Gasteiger partial charge in [-0.15, -0.1) is 0 Å². The van der Waals surface area contributed by atoms with Crippen molar-refractivity contribution >= 4 is 22.8 Å². The topological polar surface area (TPSA) is 136 Å². The number of likely N-dealkylation sites (tertiary alicyclic amines) is 1. The van der Waals surface area contributed by atoms with Crippen LogP contribution in [0, 0.1) is 5.41 Å². The number of hydrogen-bond acceptors (Lipinski definition) is 10. The van der Waals surface area contributed by atoms with Crippen molar-refractivity contribution in [2.75, 3.05) is 57.6 Å². The highest BCUT2D eigenvalue weighted by atomic mass is 16.5. The Hall–Kier alpha value is -3.02. The van der Waals surface area contributed by atoms with Gasteiger partial charge in [-0.05, 0) is 62.0 Å². The molecule has 4 N–H and O–H groups in total. The van der Waals surface area contributed by atoms with Gasteiger partial charge in [0.25, 0.3) is 0 Å². The molecule has 2 saturated heterocycles. The van der Waals surface area contributed by atoms with E-state index in [0.29, 0.717) is 23.7 Å². The number of anilines is 2. The highest BCUT2D eigenvalue weighted by Gasteiger charge is 2.53. The standard InChI is InChI=1S/C27H38N8O2.C2H6O/c1-3-4-7-29-25-24-21(32-26(28)33-25)14-31-35(24)15-22-23(36-2)10-18(13-30-22)19-11-27(12-19)16-34(17-27)20-5-8-37-9-6-20;1-2-3/h10,13-14,19-20H,3-9,11-12,15-17H2,1-2H3,(H3,28,29,32,33);3H,2H2,1H3. The Kier molecular flexibility index (Phi) is 9.02. The predicted octanol–water partition coefficient (Wildman–Crippen LogP) is 3.43. The van der Waals surface area contributed by atoms with E-state index in [4.69, 9.17) is 25.3 Å². The van der Waals surface area contributed by atoms with E-state index in [-0.39, 0.29) is 12.6 Å². The Labute approximate surface area is 236 Å². The van der Waals surface area contributed by atoms with Crippen molar-refractivity contribution < 1.29 is 14.6 Å². The number of fused-ring (bicyclic) bond motifs is 1. The number of rotatable bonds is 9.